The summed E-state index contributed by atoms with van der Waals surface area (Å²) >= 11 is 0. The second kappa shape index (κ2) is 5.60. The van der Waals surface area contributed by atoms with E-state index in [0.29, 0.717) is 12.6 Å². The van der Waals surface area contributed by atoms with E-state index in [9.17, 15) is 9.59 Å². The molecule has 1 unspecified atom stereocenters. The van der Waals surface area contributed by atoms with Crippen LogP contribution in [0, 0.1) is 0 Å². The molecule has 1 saturated carbocycles. The summed E-state index contributed by atoms with van der Waals surface area (Å²) in [5.41, 5.74) is 0.240. The van der Waals surface area contributed by atoms with Gasteiger partial charge in [-0.15, -0.1) is 0 Å². The zero-order chi connectivity index (χ0) is 14.9. The number of hydrogen-bond acceptors (Lipinski definition) is 3. The largest absolute Gasteiger partial charge is 0.314 e. The number of nitrogens with zero attached hydrogens (tertiary/aromatic N) is 1. The van der Waals surface area contributed by atoms with E-state index in [-0.39, 0.29) is 18.2 Å². The zero-order valence-electron chi connectivity index (χ0n) is 12.5. The SMILES string of the molecule is CC1(c2ccccc2)CC(=O)N(CCCNC2CC2)C1=O. The molecule has 0 spiro atoms. The van der Waals surface area contributed by atoms with Crippen LogP contribution in [-0.4, -0.2) is 35.8 Å². The molecule has 1 aliphatic heterocycles. The fraction of sp³-hybridized carbons (Fsp3) is 0.529. The molecule has 1 heterocycles. The molecule has 4 heteroatoms. The summed E-state index contributed by atoms with van der Waals surface area (Å²) in [6.07, 6.45) is 3.63. The minimum Gasteiger partial charge on any atom is -0.314 e. The van der Waals surface area contributed by atoms with Crippen LogP contribution in [0.2, 0.25) is 0 Å². The number of amides is 2. The Labute approximate surface area is 125 Å². The smallest absolute Gasteiger partial charge is 0.240 e. The Morgan fingerprint density at radius 2 is 1.95 bits per heavy atom. The number of rotatable bonds is 6. The highest BCUT2D eigenvalue weighted by molar-refractivity contribution is 6.08. The number of benzene rings is 1. The number of imide groups is 1. The lowest BCUT2D eigenvalue weighted by molar-refractivity contribution is -0.139. The minimum atomic E-state index is -0.692. The minimum absolute atomic E-state index is 0.0437. The first-order valence-electron chi connectivity index (χ1n) is 7.75. The molecule has 1 N–H and O–H groups in total. The van der Waals surface area contributed by atoms with E-state index in [1.807, 2.05) is 37.3 Å². The third-order valence-electron chi connectivity index (χ3n) is 4.50. The predicted molar refractivity (Wildman–Crippen MR) is 80.8 cm³/mol. The van der Waals surface area contributed by atoms with E-state index < -0.39 is 5.41 Å². The van der Waals surface area contributed by atoms with Crippen molar-refractivity contribution in [3.05, 3.63) is 35.9 Å². The topological polar surface area (TPSA) is 49.4 Å². The third kappa shape index (κ3) is 2.86. The van der Waals surface area contributed by atoms with E-state index in [0.717, 1.165) is 18.5 Å². The molecule has 1 aromatic rings. The summed E-state index contributed by atoms with van der Waals surface area (Å²) in [7, 11) is 0. The van der Waals surface area contributed by atoms with Crippen LogP contribution < -0.4 is 5.32 Å². The van der Waals surface area contributed by atoms with E-state index in [2.05, 4.69) is 5.32 Å². The van der Waals surface area contributed by atoms with Gasteiger partial charge >= 0.3 is 0 Å². The van der Waals surface area contributed by atoms with Gasteiger partial charge < -0.3 is 5.32 Å². The average molecular weight is 286 g/mol. The molecule has 0 aromatic heterocycles. The number of hydrogen-bond donors (Lipinski definition) is 1. The van der Waals surface area contributed by atoms with Crippen LogP contribution in [-0.2, 0) is 15.0 Å². The Morgan fingerprint density at radius 1 is 1.24 bits per heavy atom. The first-order chi connectivity index (χ1) is 10.1. The Morgan fingerprint density at radius 3 is 2.62 bits per heavy atom. The summed E-state index contributed by atoms with van der Waals surface area (Å²) in [5.74, 6) is -0.0945. The van der Waals surface area contributed by atoms with Gasteiger partial charge in [-0.1, -0.05) is 30.3 Å². The second-order valence-corrected chi connectivity index (χ2v) is 6.31. The molecule has 112 valence electrons. The number of nitrogens with one attached hydrogen (secondary N) is 1. The third-order valence-corrected chi connectivity index (χ3v) is 4.50. The van der Waals surface area contributed by atoms with E-state index in [4.69, 9.17) is 0 Å². The molecule has 1 atom stereocenters. The first kappa shape index (κ1) is 14.3. The molecule has 21 heavy (non-hydrogen) atoms. The molecule has 3 rings (SSSR count). The van der Waals surface area contributed by atoms with Gasteiger partial charge in [-0.2, -0.15) is 0 Å². The monoisotopic (exact) mass is 286 g/mol. The van der Waals surface area contributed by atoms with Crippen molar-refractivity contribution in [2.24, 2.45) is 0 Å². The van der Waals surface area contributed by atoms with Crippen molar-refractivity contribution in [2.45, 2.75) is 44.1 Å². The van der Waals surface area contributed by atoms with Crippen LogP contribution in [0.25, 0.3) is 0 Å². The van der Waals surface area contributed by atoms with Gasteiger partial charge in [0.05, 0.1) is 5.41 Å². The van der Waals surface area contributed by atoms with Gasteiger partial charge in [0.2, 0.25) is 11.8 Å². The van der Waals surface area contributed by atoms with Gasteiger partial charge in [0.25, 0.3) is 0 Å². The van der Waals surface area contributed by atoms with Gasteiger partial charge in [-0.05, 0) is 38.3 Å². The van der Waals surface area contributed by atoms with Crippen LogP contribution in [0.5, 0.6) is 0 Å². The van der Waals surface area contributed by atoms with Crippen LogP contribution in [0.15, 0.2) is 30.3 Å². The Hall–Kier alpha value is -1.68. The molecule has 0 bridgehead atoms. The fourth-order valence-corrected chi connectivity index (χ4v) is 2.97. The van der Waals surface area contributed by atoms with Crippen molar-refractivity contribution in [3.8, 4) is 0 Å². The highest BCUT2D eigenvalue weighted by Crippen LogP contribution is 2.36. The van der Waals surface area contributed by atoms with Gasteiger partial charge in [0.1, 0.15) is 0 Å². The van der Waals surface area contributed by atoms with Crippen molar-refractivity contribution < 1.29 is 9.59 Å². The van der Waals surface area contributed by atoms with Crippen LogP contribution in [0.4, 0.5) is 0 Å². The summed E-state index contributed by atoms with van der Waals surface area (Å²) in [4.78, 5) is 26.3. The predicted octanol–water partition coefficient (Wildman–Crippen LogP) is 1.85. The summed E-state index contributed by atoms with van der Waals surface area (Å²) in [5, 5.41) is 3.41. The van der Waals surface area contributed by atoms with Gasteiger partial charge in [0.15, 0.2) is 0 Å². The molecular weight excluding hydrogens is 264 g/mol. The van der Waals surface area contributed by atoms with Crippen molar-refractivity contribution >= 4 is 11.8 Å². The highest BCUT2D eigenvalue weighted by Gasteiger charge is 2.48. The highest BCUT2D eigenvalue weighted by atomic mass is 16.2. The molecule has 2 aliphatic rings. The number of likely N-dealkylation sites (tertiary alicyclic amines) is 1. The molecule has 2 amide bonds. The van der Waals surface area contributed by atoms with Crippen molar-refractivity contribution in [1.29, 1.82) is 0 Å². The Balaban J connectivity index is 1.63. The quantitative estimate of drug-likeness (QED) is 0.641. The van der Waals surface area contributed by atoms with Crippen LogP contribution in [0.3, 0.4) is 0 Å². The summed E-state index contributed by atoms with van der Waals surface area (Å²) < 4.78 is 0. The number of carbonyl (C=O) groups is 2. The standard InChI is InChI=1S/C17H22N2O2/c1-17(13-6-3-2-4-7-13)12-15(20)19(16(17)21)11-5-10-18-14-8-9-14/h2-4,6-7,14,18H,5,8-12H2,1H3. The summed E-state index contributed by atoms with van der Waals surface area (Å²) in [6.45, 7) is 3.29. The zero-order valence-corrected chi connectivity index (χ0v) is 12.5. The van der Waals surface area contributed by atoms with Crippen LogP contribution in [0.1, 0.15) is 38.2 Å². The lowest BCUT2D eigenvalue weighted by atomic mass is 9.81. The maximum Gasteiger partial charge on any atom is 0.240 e. The molecule has 2 fully saturated rings. The van der Waals surface area contributed by atoms with E-state index in [1.165, 1.54) is 17.7 Å². The summed E-state index contributed by atoms with van der Waals surface area (Å²) in [6, 6.07) is 10.3. The van der Waals surface area contributed by atoms with Crippen LogP contribution >= 0.6 is 0 Å². The van der Waals surface area contributed by atoms with Gasteiger partial charge in [-0.25, -0.2) is 0 Å². The maximum atomic E-state index is 12.7. The molecule has 4 nitrogen and oxygen atoms in total. The molecule has 0 radical (unpaired) electrons. The van der Waals surface area contributed by atoms with E-state index >= 15 is 0 Å². The lowest BCUT2D eigenvalue weighted by Gasteiger charge is -2.22. The van der Waals surface area contributed by atoms with Crippen molar-refractivity contribution in [1.82, 2.24) is 10.2 Å². The first-order valence-corrected chi connectivity index (χ1v) is 7.75. The maximum absolute atomic E-state index is 12.7. The van der Waals surface area contributed by atoms with E-state index in [1.54, 1.807) is 0 Å². The number of carbonyl (C=O) groups excluding carboxylic acids is 2. The average Bonchev–Trinajstić information content (AvgIpc) is 3.28. The second-order valence-electron chi connectivity index (χ2n) is 6.31. The molecule has 1 aromatic carbocycles. The lowest BCUT2D eigenvalue weighted by Crippen LogP contribution is -2.38. The molecular formula is C17H22N2O2. The normalized spacial score (nSPS) is 25.7. The fourth-order valence-electron chi connectivity index (χ4n) is 2.97. The van der Waals surface area contributed by atoms with Gasteiger partial charge in [-0.3, -0.25) is 14.5 Å². The molecule has 1 aliphatic carbocycles. The Kier molecular flexibility index (Phi) is 3.81. The Bertz CT molecular complexity index is 539. The molecule has 1 saturated heterocycles. The van der Waals surface area contributed by atoms with Crippen molar-refractivity contribution in [3.63, 3.8) is 0 Å². The van der Waals surface area contributed by atoms with Gasteiger partial charge in [0, 0.05) is 19.0 Å². The van der Waals surface area contributed by atoms with Crippen molar-refractivity contribution in [2.75, 3.05) is 13.1 Å².